The highest BCUT2D eigenvalue weighted by Gasteiger charge is 2.14. The van der Waals surface area contributed by atoms with Crippen molar-refractivity contribution in [3.05, 3.63) is 96.1 Å². The highest BCUT2D eigenvalue weighted by Crippen LogP contribution is 2.17. The van der Waals surface area contributed by atoms with Gasteiger partial charge in [0, 0.05) is 17.8 Å². The summed E-state index contributed by atoms with van der Waals surface area (Å²) in [7, 11) is 1.61. The minimum absolute atomic E-state index is 0.0135. The van der Waals surface area contributed by atoms with Crippen LogP contribution < -0.4 is 15.4 Å². The maximum atomic E-state index is 12.5. The van der Waals surface area contributed by atoms with Crippen LogP contribution in [0, 0.1) is 0 Å². The molecule has 27 heavy (non-hydrogen) atoms. The molecule has 0 aliphatic heterocycles. The fourth-order valence-corrected chi connectivity index (χ4v) is 3.02. The fraction of sp³-hybridized carbons (Fsp3) is 0.174. The molecule has 0 bridgehead atoms. The Balaban J connectivity index is 1.68. The maximum Gasteiger partial charge on any atom is 0.319 e. The zero-order valence-corrected chi connectivity index (χ0v) is 15.4. The summed E-state index contributed by atoms with van der Waals surface area (Å²) in [4.78, 5) is 12.5. The Hall–Kier alpha value is -3.27. The highest BCUT2D eigenvalue weighted by molar-refractivity contribution is 5.89. The molecule has 0 unspecified atom stereocenters. The van der Waals surface area contributed by atoms with Gasteiger partial charge in [0.1, 0.15) is 5.75 Å². The Kier molecular flexibility index (Phi) is 6.47. The van der Waals surface area contributed by atoms with Gasteiger partial charge in [-0.15, -0.1) is 0 Å². The number of urea groups is 1. The van der Waals surface area contributed by atoms with E-state index in [0.29, 0.717) is 11.4 Å². The lowest BCUT2D eigenvalue weighted by Crippen LogP contribution is -2.40. The van der Waals surface area contributed by atoms with Gasteiger partial charge in [-0.25, -0.2) is 4.79 Å². The van der Waals surface area contributed by atoms with Crippen molar-refractivity contribution in [2.24, 2.45) is 0 Å². The van der Waals surface area contributed by atoms with Crippen molar-refractivity contribution in [3.63, 3.8) is 0 Å². The van der Waals surface area contributed by atoms with Crippen LogP contribution in [0.1, 0.15) is 11.1 Å². The number of methoxy groups -OCH3 is 1. The first kappa shape index (κ1) is 18.5. The van der Waals surface area contributed by atoms with Crippen LogP contribution in [0.25, 0.3) is 0 Å². The minimum atomic E-state index is -0.222. The summed E-state index contributed by atoms with van der Waals surface area (Å²) >= 11 is 0. The van der Waals surface area contributed by atoms with E-state index in [1.165, 1.54) is 11.1 Å². The summed E-state index contributed by atoms with van der Waals surface area (Å²) in [6, 6.07) is 27.5. The molecule has 3 aromatic carbocycles. The molecule has 0 fully saturated rings. The maximum absolute atomic E-state index is 12.5. The Morgan fingerprint density at radius 1 is 0.852 bits per heavy atom. The van der Waals surface area contributed by atoms with Crippen LogP contribution in [0.3, 0.4) is 0 Å². The largest absolute Gasteiger partial charge is 0.497 e. The van der Waals surface area contributed by atoms with Gasteiger partial charge in [0.25, 0.3) is 0 Å². The summed E-state index contributed by atoms with van der Waals surface area (Å²) < 4.78 is 5.20. The van der Waals surface area contributed by atoms with Crippen LogP contribution in [-0.4, -0.2) is 19.2 Å². The van der Waals surface area contributed by atoms with E-state index in [2.05, 4.69) is 34.9 Å². The third-order valence-corrected chi connectivity index (χ3v) is 4.31. The standard InChI is InChI=1S/C23H24N2O2/c1-27-22-14-8-13-20(17-22)24-23(26)25-21(15-18-9-4-2-5-10-18)16-19-11-6-3-7-12-19/h2-14,17,21H,15-16H2,1H3,(H2,24,25,26). The van der Waals surface area contributed by atoms with Gasteiger partial charge in [0.2, 0.25) is 0 Å². The van der Waals surface area contributed by atoms with Crippen molar-refractivity contribution in [3.8, 4) is 5.75 Å². The van der Waals surface area contributed by atoms with Crippen molar-refractivity contribution < 1.29 is 9.53 Å². The Bertz CT molecular complexity index is 809. The number of anilines is 1. The molecule has 0 spiro atoms. The van der Waals surface area contributed by atoms with Crippen LogP contribution in [0.5, 0.6) is 5.75 Å². The zero-order chi connectivity index (χ0) is 18.9. The molecule has 2 N–H and O–H groups in total. The average molecular weight is 360 g/mol. The first-order chi connectivity index (χ1) is 13.2. The predicted octanol–water partition coefficient (Wildman–Crippen LogP) is 4.67. The van der Waals surface area contributed by atoms with E-state index in [1.54, 1.807) is 13.2 Å². The number of hydrogen-bond acceptors (Lipinski definition) is 2. The van der Waals surface area contributed by atoms with E-state index in [1.807, 2.05) is 54.6 Å². The van der Waals surface area contributed by atoms with Gasteiger partial charge >= 0.3 is 6.03 Å². The van der Waals surface area contributed by atoms with Gasteiger partial charge in [-0.1, -0.05) is 66.7 Å². The summed E-state index contributed by atoms with van der Waals surface area (Å²) in [6.07, 6.45) is 1.53. The van der Waals surface area contributed by atoms with Gasteiger partial charge in [-0.05, 0) is 36.1 Å². The third-order valence-electron chi connectivity index (χ3n) is 4.31. The lowest BCUT2D eigenvalue weighted by molar-refractivity contribution is 0.248. The number of ether oxygens (including phenoxy) is 1. The average Bonchev–Trinajstić information content (AvgIpc) is 2.69. The minimum Gasteiger partial charge on any atom is -0.497 e. The van der Waals surface area contributed by atoms with Crippen LogP contribution in [0.15, 0.2) is 84.9 Å². The quantitative estimate of drug-likeness (QED) is 0.643. The molecule has 2 amide bonds. The van der Waals surface area contributed by atoms with Crippen LogP contribution in [0.4, 0.5) is 10.5 Å². The predicted molar refractivity (Wildman–Crippen MR) is 109 cm³/mol. The molecular formula is C23H24N2O2. The molecule has 138 valence electrons. The molecule has 3 aromatic rings. The van der Waals surface area contributed by atoms with E-state index in [-0.39, 0.29) is 12.1 Å². The molecule has 4 nitrogen and oxygen atoms in total. The number of nitrogens with one attached hydrogen (secondary N) is 2. The van der Waals surface area contributed by atoms with Crippen molar-refractivity contribution >= 4 is 11.7 Å². The van der Waals surface area contributed by atoms with Crippen LogP contribution in [0.2, 0.25) is 0 Å². The topological polar surface area (TPSA) is 50.4 Å². The third kappa shape index (κ3) is 5.89. The lowest BCUT2D eigenvalue weighted by Gasteiger charge is -2.20. The number of carbonyl (C=O) groups is 1. The zero-order valence-electron chi connectivity index (χ0n) is 15.4. The number of amides is 2. The van der Waals surface area contributed by atoms with E-state index in [9.17, 15) is 4.79 Å². The monoisotopic (exact) mass is 360 g/mol. The van der Waals surface area contributed by atoms with E-state index < -0.39 is 0 Å². The van der Waals surface area contributed by atoms with E-state index in [0.717, 1.165) is 12.8 Å². The number of benzene rings is 3. The second-order valence-electron chi connectivity index (χ2n) is 6.41. The molecule has 0 heterocycles. The van der Waals surface area contributed by atoms with E-state index in [4.69, 9.17) is 4.74 Å². The number of rotatable bonds is 7. The summed E-state index contributed by atoms with van der Waals surface area (Å²) in [5, 5.41) is 6.00. The van der Waals surface area contributed by atoms with Gasteiger partial charge in [0.05, 0.1) is 7.11 Å². The van der Waals surface area contributed by atoms with Crippen LogP contribution >= 0.6 is 0 Å². The van der Waals surface area contributed by atoms with Gasteiger partial charge in [0.15, 0.2) is 0 Å². The lowest BCUT2D eigenvalue weighted by atomic mass is 9.99. The van der Waals surface area contributed by atoms with Crippen molar-refractivity contribution in [2.45, 2.75) is 18.9 Å². The summed E-state index contributed by atoms with van der Waals surface area (Å²) in [5.41, 5.74) is 3.09. The fourth-order valence-electron chi connectivity index (χ4n) is 3.02. The number of carbonyl (C=O) groups excluding carboxylic acids is 1. The highest BCUT2D eigenvalue weighted by atomic mass is 16.5. The molecule has 0 saturated heterocycles. The molecule has 0 radical (unpaired) electrons. The van der Waals surface area contributed by atoms with Crippen molar-refractivity contribution in [2.75, 3.05) is 12.4 Å². The first-order valence-electron chi connectivity index (χ1n) is 9.02. The molecule has 3 rings (SSSR count). The Labute approximate surface area is 160 Å². The van der Waals surface area contributed by atoms with Crippen LogP contribution in [-0.2, 0) is 12.8 Å². The molecule has 0 saturated carbocycles. The van der Waals surface area contributed by atoms with Crippen molar-refractivity contribution in [1.82, 2.24) is 5.32 Å². The normalized spacial score (nSPS) is 10.4. The van der Waals surface area contributed by atoms with Crippen molar-refractivity contribution in [1.29, 1.82) is 0 Å². The second-order valence-corrected chi connectivity index (χ2v) is 6.41. The summed E-state index contributed by atoms with van der Waals surface area (Å²) in [5.74, 6) is 0.706. The molecule has 0 aromatic heterocycles. The molecule has 0 aliphatic carbocycles. The van der Waals surface area contributed by atoms with Gasteiger partial charge in [-0.3, -0.25) is 0 Å². The van der Waals surface area contributed by atoms with Gasteiger partial charge < -0.3 is 15.4 Å². The molecule has 4 heteroatoms. The Morgan fingerprint density at radius 2 is 1.44 bits per heavy atom. The molecule has 0 aliphatic rings. The van der Waals surface area contributed by atoms with E-state index >= 15 is 0 Å². The second kappa shape index (κ2) is 9.43. The van der Waals surface area contributed by atoms with Gasteiger partial charge in [-0.2, -0.15) is 0 Å². The number of hydrogen-bond donors (Lipinski definition) is 2. The smallest absolute Gasteiger partial charge is 0.319 e. The molecular weight excluding hydrogens is 336 g/mol. The Morgan fingerprint density at radius 3 is 2.00 bits per heavy atom. The SMILES string of the molecule is COc1cccc(NC(=O)NC(Cc2ccccc2)Cc2ccccc2)c1. The molecule has 0 atom stereocenters. The first-order valence-corrected chi connectivity index (χ1v) is 9.02. The summed E-state index contributed by atoms with van der Waals surface area (Å²) in [6.45, 7) is 0.